The highest BCUT2D eigenvalue weighted by molar-refractivity contribution is 7.92. The number of carbonyl (C=O) groups is 1. The van der Waals surface area contributed by atoms with Gasteiger partial charge in [-0.1, -0.05) is 42.0 Å². The van der Waals surface area contributed by atoms with Crippen LogP contribution in [0.2, 0.25) is 0 Å². The smallest absolute Gasteiger partial charge is 0.273 e. The SMILES string of the molecule is Cc1ccc(S(=O)(=O)Nc2ccccc2C(=O)N/N=C\c2ccc(N(C)C)cc2)cc1. The van der Waals surface area contributed by atoms with Crippen LogP contribution in [0.25, 0.3) is 0 Å². The van der Waals surface area contributed by atoms with E-state index in [1.165, 1.54) is 30.5 Å². The third kappa shape index (κ3) is 5.70. The minimum atomic E-state index is -3.83. The highest BCUT2D eigenvalue weighted by atomic mass is 32.2. The molecule has 0 bridgehead atoms. The molecule has 0 radical (unpaired) electrons. The molecule has 1 amide bonds. The van der Waals surface area contributed by atoms with Crippen molar-refractivity contribution in [3.8, 4) is 0 Å². The highest BCUT2D eigenvalue weighted by Crippen LogP contribution is 2.20. The molecular formula is C23H24N4O3S. The molecule has 0 aromatic heterocycles. The molecule has 0 unspecified atom stereocenters. The van der Waals surface area contributed by atoms with Crippen molar-refractivity contribution in [2.24, 2.45) is 5.10 Å². The number of anilines is 2. The Labute approximate surface area is 182 Å². The predicted molar refractivity (Wildman–Crippen MR) is 124 cm³/mol. The lowest BCUT2D eigenvalue weighted by molar-refractivity contribution is 0.0956. The Hall–Kier alpha value is -3.65. The Morgan fingerprint density at radius 3 is 2.23 bits per heavy atom. The number of hydrogen-bond donors (Lipinski definition) is 2. The lowest BCUT2D eigenvalue weighted by Crippen LogP contribution is -2.21. The summed E-state index contributed by atoms with van der Waals surface area (Å²) in [4.78, 5) is 14.7. The summed E-state index contributed by atoms with van der Waals surface area (Å²) >= 11 is 0. The number of carbonyl (C=O) groups excluding carboxylic acids is 1. The second-order valence-electron chi connectivity index (χ2n) is 7.15. The molecule has 0 saturated heterocycles. The maximum atomic E-state index is 12.7. The number of nitrogens with one attached hydrogen (secondary N) is 2. The number of sulfonamides is 1. The summed E-state index contributed by atoms with van der Waals surface area (Å²) in [6, 6.07) is 20.5. The lowest BCUT2D eigenvalue weighted by Gasteiger charge is -2.12. The van der Waals surface area contributed by atoms with E-state index in [2.05, 4.69) is 15.2 Å². The summed E-state index contributed by atoms with van der Waals surface area (Å²) in [5.41, 5.74) is 5.60. The number of nitrogens with zero attached hydrogens (tertiary/aromatic N) is 2. The van der Waals surface area contributed by atoms with Gasteiger partial charge < -0.3 is 4.90 Å². The number of hydrazone groups is 1. The van der Waals surface area contributed by atoms with E-state index < -0.39 is 15.9 Å². The van der Waals surface area contributed by atoms with E-state index in [4.69, 9.17) is 0 Å². The molecule has 2 N–H and O–H groups in total. The first-order valence-corrected chi connectivity index (χ1v) is 11.0. The van der Waals surface area contributed by atoms with E-state index in [-0.39, 0.29) is 16.1 Å². The van der Waals surface area contributed by atoms with Crippen LogP contribution in [-0.4, -0.2) is 34.6 Å². The van der Waals surface area contributed by atoms with Gasteiger partial charge in [-0.3, -0.25) is 9.52 Å². The van der Waals surface area contributed by atoms with E-state index >= 15 is 0 Å². The Bertz CT molecular complexity index is 1190. The van der Waals surface area contributed by atoms with Crippen LogP contribution in [-0.2, 0) is 10.0 Å². The molecule has 0 spiro atoms. The fourth-order valence-electron chi connectivity index (χ4n) is 2.78. The van der Waals surface area contributed by atoms with Crippen LogP contribution < -0.4 is 15.0 Å². The number of para-hydroxylation sites is 1. The van der Waals surface area contributed by atoms with Gasteiger partial charge in [-0.15, -0.1) is 0 Å². The van der Waals surface area contributed by atoms with E-state index in [0.717, 1.165) is 16.8 Å². The average molecular weight is 437 g/mol. The minimum Gasteiger partial charge on any atom is -0.378 e. The number of amides is 1. The van der Waals surface area contributed by atoms with Crippen LogP contribution >= 0.6 is 0 Å². The summed E-state index contributed by atoms with van der Waals surface area (Å²) in [6.07, 6.45) is 1.52. The number of hydrogen-bond acceptors (Lipinski definition) is 5. The summed E-state index contributed by atoms with van der Waals surface area (Å²) in [6.45, 7) is 1.88. The Kier molecular flexibility index (Phi) is 6.71. The van der Waals surface area contributed by atoms with Crippen LogP contribution in [0.5, 0.6) is 0 Å². The van der Waals surface area contributed by atoms with Gasteiger partial charge in [-0.05, 0) is 48.9 Å². The van der Waals surface area contributed by atoms with Gasteiger partial charge in [0.2, 0.25) is 0 Å². The number of aryl methyl sites for hydroxylation is 1. The fourth-order valence-corrected chi connectivity index (χ4v) is 3.86. The van der Waals surface area contributed by atoms with Gasteiger partial charge in [0.25, 0.3) is 15.9 Å². The van der Waals surface area contributed by atoms with E-state index in [1.807, 2.05) is 50.2 Å². The molecule has 8 heteroatoms. The normalized spacial score (nSPS) is 11.3. The third-order valence-electron chi connectivity index (χ3n) is 4.54. The molecule has 3 rings (SSSR count). The molecule has 31 heavy (non-hydrogen) atoms. The molecule has 7 nitrogen and oxygen atoms in total. The highest BCUT2D eigenvalue weighted by Gasteiger charge is 2.18. The summed E-state index contributed by atoms with van der Waals surface area (Å²) in [7, 11) is 0.0713. The van der Waals surface area contributed by atoms with Gasteiger partial charge in [0, 0.05) is 19.8 Å². The van der Waals surface area contributed by atoms with Crippen LogP contribution in [0.3, 0.4) is 0 Å². The molecule has 3 aromatic carbocycles. The zero-order valence-corrected chi connectivity index (χ0v) is 18.3. The first-order valence-electron chi connectivity index (χ1n) is 9.55. The van der Waals surface area contributed by atoms with E-state index in [1.54, 1.807) is 24.3 Å². The maximum Gasteiger partial charge on any atom is 0.273 e. The summed E-state index contributed by atoms with van der Waals surface area (Å²) in [5, 5.41) is 3.98. The molecule has 0 aliphatic heterocycles. The molecule has 3 aromatic rings. The molecule has 0 atom stereocenters. The average Bonchev–Trinajstić information content (AvgIpc) is 2.74. The zero-order chi connectivity index (χ0) is 22.4. The Morgan fingerprint density at radius 1 is 0.935 bits per heavy atom. The Morgan fingerprint density at radius 2 is 1.58 bits per heavy atom. The fraction of sp³-hybridized carbons (Fsp3) is 0.130. The van der Waals surface area contributed by atoms with Gasteiger partial charge in [0.15, 0.2) is 0 Å². The molecule has 0 heterocycles. The second kappa shape index (κ2) is 9.44. The molecule has 0 aliphatic carbocycles. The number of rotatable bonds is 7. The van der Waals surface area contributed by atoms with Crippen molar-refractivity contribution < 1.29 is 13.2 Å². The predicted octanol–water partition coefficient (Wildman–Crippen LogP) is 3.63. The van der Waals surface area contributed by atoms with Crippen LogP contribution in [0.1, 0.15) is 21.5 Å². The summed E-state index contributed by atoms with van der Waals surface area (Å²) < 4.78 is 27.9. The van der Waals surface area contributed by atoms with Crippen molar-refractivity contribution in [2.75, 3.05) is 23.7 Å². The van der Waals surface area contributed by atoms with Crippen molar-refractivity contribution >= 4 is 33.5 Å². The quantitative estimate of drug-likeness (QED) is 0.437. The van der Waals surface area contributed by atoms with Gasteiger partial charge >= 0.3 is 0 Å². The van der Waals surface area contributed by atoms with Crippen molar-refractivity contribution in [3.05, 3.63) is 89.5 Å². The van der Waals surface area contributed by atoms with Crippen molar-refractivity contribution in [3.63, 3.8) is 0 Å². The maximum absolute atomic E-state index is 12.7. The molecule has 0 aliphatic rings. The van der Waals surface area contributed by atoms with Crippen LogP contribution in [0, 0.1) is 6.92 Å². The minimum absolute atomic E-state index is 0.118. The molecule has 0 fully saturated rings. The van der Waals surface area contributed by atoms with Gasteiger partial charge in [0.1, 0.15) is 0 Å². The summed E-state index contributed by atoms with van der Waals surface area (Å²) in [5.74, 6) is -0.525. The second-order valence-corrected chi connectivity index (χ2v) is 8.83. The van der Waals surface area contributed by atoms with Gasteiger partial charge in [0.05, 0.1) is 22.4 Å². The largest absolute Gasteiger partial charge is 0.378 e. The number of benzene rings is 3. The standard InChI is InChI=1S/C23H24N4O3S/c1-17-8-14-20(15-9-17)31(29,30)26-22-7-5-4-6-21(22)23(28)25-24-16-18-10-12-19(13-11-18)27(2)3/h4-16,26H,1-3H3,(H,25,28)/b24-16-. The van der Waals surface area contributed by atoms with Gasteiger partial charge in [-0.25, -0.2) is 13.8 Å². The van der Waals surface area contributed by atoms with Crippen LogP contribution in [0.4, 0.5) is 11.4 Å². The third-order valence-corrected chi connectivity index (χ3v) is 5.92. The van der Waals surface area contributed by atoms with Crippen molar-refractivity contribution in [1.29, 1.82) is 0 Å². The van der Waals surface area contributed by atoms with Crippen molar-refractivity contribution in [2.45, 2.75) is 11.8 Å². The van der Waals surface area contributed by atoms with Crippen molar-refractivity contribution in [1.82, 2.24) is 5.43 Å². The zero-order valence-electron chi connectivity index (χ0n) is 17.5. The van der Waals surface area contributed by atoms with E-state index in [0.29, 0.717) is 0 Å². The molecule has 0 saturated carbocycles. The molecular weight excluding hydrogens is 412 g/mol. The van der Waals surface area contributed by atoms with Gasteiger partial charge in [-0.2, -0.15) is 5.10 Å². The first-order chi connectivity index (χ1) is 14.8. The van der Waals surface area contributed by atoms with E-state index in [9.17, 15) is 13.2 Å². The monoisotopic (exact) mass is 436 g/mol. The lowest BCUT2D eigenvalue weighted by atomic mass is 10.2. The topological polar surface area (TPSA) is 90.9 Å². The molecule has 160 valence electrons. The first kappa shape index (κ1) is 22.0. The Balaban J connectivity index is 1.73. The van der Waals surface area contributed by atoms with Crippen LogP contribution in [0.15, 0.2) is 82.8 Å².